The van der Waals surface area contributed by atoms with E-state index in [0.717, 1.165) is 11.4 Å². The highest BCUT2D eigenvalue weighted by Crippen LogP contribution is 2.35. The Bertz CT molecular complexity index is 939. The van der Waals surface area contributed by atoms with Crippen LogP contribution in [0.3, 0.4) is 0 Å². The number of hydrogen-bond donors (Lipinski definition) is 1. The third kappa shape index (κ3) is 4.52. The number of aryl methyl sites for hydroxylation is 1. The maximum absolute atomic E-state index is 12.5. The van der Waals surface area contributed by atoms with Crippen LogP contribution in [0.1, 0.15) is 17.5 Å². The highest BCUT2D eigenvalue weighted by atomic mass is 32.2. The van der Waals surface area contributed by atoms with Gasteiger partial charge in [0.1, 0.15) is 10.8 Å². The van der Waals surface area contributed by atoms with Crippen LogP contribution in [0.4, 0.5) is 5.13 Å². The molecule has 1 amide bonds. The molecule has 0 bridgehead atoms. The predicted molar refractivity (Wildman–Crippen MR) is 104 cm³/mol. The van der Waals surface area contributed by atoms with E-state index >= 15 is 0 Å². The number of carbonyl (C=O) groups excluding carboxylic acids is 1. The number of carboxylic acids is 1. The molecular formula is C17H16N4O4S2. The zero-order valence-electron chi connectivity index (χ0n) is 14.6. The second-order valence-corrected chi connectivity index (χ2v) is 7.47. The number of rotatable bonds is 6. The number of carboxylic acid groups (broad SMARTS) is 1. The van der Waals surface area contributed by atoms with Crippen molar-refractivity contribution in [3.63, 3.8) is 0 Å². The van der Waals surface area contributed by atoms with E-state index < -0.39 is 12.6 Å². The average molecular weight is 404 g/mol. The standard InChI is InChI=1S/C17H16N4O4S2/c1-3-13-19-20-16(27-13)18-17-21(2)15(24)12(26-17)8-10-6-4-5-7-11(10)25-9-14(22)23/h4-8H,3,9H2,1-2H3,(H,22,23)/b12-8+,18-17+. The number of thioether (sulfide) groups is 1. The van der Waals surface area contributed by atoms with E-state index in [1.807, 2.05) is 6.92 Å². The molecule has 140 valence electrons. The number of benzene rings is 1. The minimum Gasteiger partial charge on any atom is -0.481 e. The number of nitrogens with zero attached hydrogens (tertiary/aromatic N) is 4. The van der Waals surface area contributed by atoms with E-state index in [4.69, 9.17) is 9.84 Å². The van der Waals surface area contributed by atoms with Crippen LogP contribution in [0.2, 0.25) is 0 Å². The van der Waals surface area contributed by atoms with Crippen LogP contribution in [0, 0.1) is 0 Å². The van der Waals surface area contributed by atoms with Crippen molar-refractivity contribution in [2.75, 3.05) is 13.7 Å². The molecule has 0 unspecified atom stereocenters. The van der Waals surface area contributed by atoms with Gasteiger partial charge in [-0.3, -0.25) is 9.69 Å². The molecule has 1 N–H and O–H groups in total. The van der Waals surface area contributed by atoms with Crippen molar-refractivity contribution < 1.29 is 19.4 Å². The summed E-state index contributed by atoms with van der Waals surface area (Å²) in [6.07, 6.45) is 2.45. The molecular weight excluding hydrogens is 388 g/mol. The lowest BCUT2D eigenvalue weighted by atomic mass is 10.2. The molecule has 27 heavy (non-hydrogen) atoms. The Morgan fingerprint density at radius 3 is 2.85 bits per heavy atom. The van der Waals surface area contributed by atoms with Gasteiger partial charge < -0.3 is 9.84 Å². The first-order valence-electron chi connectivity index (χ1n) is 8.00. The summed E-state index contributed by atoms with van der Waals surface area (Å²) in [5.41, 5.74) is 0.619. The molecule has 10 heteroatoms. The number of hydrogen-bond acceptors (Lipinski definition) is 8. The molecule has 1 aliphatic heterocycles. The van der Waals surface area contributed by atoms with Gasteiger partial charge in [-0.2, -0.15) is 4.99 Å². The maximum Gasteiger partial charge on any atom is 0.341 e. The number of amidine groups is 1. The summed E-state index contributed by atoms with van der Waals surface area (Å²) in [6.45, 7) is 1.53. The van der Waals surface area contributed by atoms with Crippen LogP contribution in [-0.4, -0.2) is 50.9 Å². The molecule has 0 saturated carbocycles. The third-order valence-electron chi connectivity index (χ3n) is 3.51. The Hall–Kier alpha value is -2.72. The van der Waals surface area contributed by atoms with Crippen molar-refractivity contribution >= 4 is 51.4 Å². The summed E-state index contributed by atoms with van der Waals surface area (Å²) in [4.78, 5) is 29.6. The van der Waals surface area contributed by atoms with Crippen molar-refractivity contribution in [1.29, 1.82) is 0 Å². The average Bonchev–Trinajstić information content (AvgIpc) is 3.21. The van der Waals surface area contributed by atoms with E-state index in [1.165, 1.54) is 28.0 Å². The second kappa shape index (κ2) is 8.31. The molecule has 1 fully saturated rings. The number of ether oxygens (including phenoxy) is 1. The number of para-hydroxylation sites is 1. The van der Waals surface area contributed by atoms with Gasteiger partial charge in [-0.1, -0.05) is 36.5 Å². The van der Waals surface area contributed by atoms with Gasteiger partial charge in [0, 0.05) is 12.6 Å². The minimum atomic E-state index is -1.07. The molecule has 0 atom stereocenters. The van der Waals surface area contributed by atoms with Crippen LogP contribution in [0.25, 0.3) is 6.08 Å². The fraction of sp³-hybridized carbons (Fsp3) is 0.235. The summed E-state index contributed by atoms with van der Waals surface area (Å²) < 4.78 is 5.28. The third-order valence-corrected chi connectivity index (χ3v) is 5.53. The smallest absolute Gasteiger partial charge is 0.341 e. The molecule has 0 aliphatic carbocycles. The first kappa shape index (κ1) is 19.1. The molecule has 2 heterocycles. The van der Waals surface area contributed by atoms with Crippen molar-refractivity contribution in [3.8, 4) is 5.75 Å². The number of aliphatic imine (C=N–C) groups is 1. The van der Waals surface area contributed by atoms with Crippen molar-refractivity contribution in [2.45, 2.75) is 13.3 Å². The van der Waals surface area contributed by atoms with E-state index in [-0.39, 0.29) is 5.91 Å². The van der Waals surface area contributed by atoms with E-state index in [0.29, 0.717) is 26.5 Å². The number of carbonyl (C=O) groups is 2. The van der Waals surface area contributed by atoms with Gasteiger partial charge in [-0.15, -0.1) is 10.2 Å². The Labute approximate surface area is 163 Å². The molecule has 1 aromatic carbocycles. The van der Waals surface area contributed by atoms with Crippen LogP contribution in [0.5, 0.6) is 5.75 Å². The molecule has 1 aromatic heterocycles. The lowest BCUT2D eigenvalue weighted by Crippen LogP contribution is -2.23. The van der Waals surface area contributed by atoms with Crippen LogP contribution >= 0.6 is 23.1 Å². The zero-order valence-corrected chi connectivity index (χ0v) is 16.2. The number of aliphatic carboxylic acids is 1. The van der Waals surface area contributed by atoms with Gasteiger partial charge in [0.2, 0.25) is 5.13 Å². The highest BCUT2D eigenvalue weighted by Gasteiger charge is 2.31. The van der Waals surface area contributed by atoms with Crippen molar-refractivity contribution in [1.82, 2.24) is 15.1 Å². The first-order valence-corrected chi connectivity index (χ1v) is 9.63. The van der Waals surface area contributed by atoms with Gasteiger partial charge >= 0.3 is 5.97 Å². The normalized spacial score (nSPS) is 17.1. The largest absolute Gasteiger partial charge is 0.481 e. The first-order chi connectivity index (χ1) is 13.0. The fourth-order valence-corrected chi connectivity index (χ4v) is 3.85. The number of aromatic nitrogens is 2. The number of amides is 1. The molecule has 2 aromatic rings. The Balaban J connectivity index is 1.85. The monoisotopic (exact) mass is 404 g/mol. The lowest BCUT2D eigenvalue weighted by molar-refractivity contribution is -0.139. The quantitative estimate of drug-likeness (QED) is 0.738. The van der Waals surface area contributed by atoms with E-state index in [2.05, 4.69) is 15.2 Å². The van der Waals surface area contributed by atoms with Crippen LogP contribution in [0.15, 0.2) is 34.2 Å². The molecule has 0 radical (unpaired) electrons. The van der Waals surface area contributed by atoms with E-state index in [9.17, 15) is 9.59 Å². The van der Waals surface area contributed by atoms with Crippen molar-refractivity contribution in [2.24, 2.45) is 4.99 Å². The Kier molecular flexibility index (Phi) is 5.87. The van der Waals surface area contributed by atoms with Gasteiger partial charge in [0.15, 0.2) is 11.8 Å². The summed E-state index contributed by atoms with van der Waals surface area (Å²) in [7, 11) is 1.64. The summed E-state index contributed by atoms with van der Waals surface area (Å²) in [5.74, 6) is -0.876. The molecule has 3 rings (SSSR count). The van der Waals surface area contributed by atoms with Gasteiger partial charge in [-0.05, 0) is 30.3 Å². The number of likely N-dealkylation sites (N-methyl/N-ethyl adjacent to an activating group) is 1. The predicted octanol–water partition coefficient (Wildman–Crippen LogP) is 2.80. The summed E-state index contributed by atoms with van der Waals surface area (Å²) in [5, 5.41) is 18.7. The molecule has 0 spiro atoms. The Morgan fingerprint density at radius 1 is 1.37 bits per heavy atom. The zero-order chi connectivity index (χ0) is 19.4. The van der Waals surface area contributed by atoms with Crippen LogP contribution < -0.4 is 4.74 Å². The van der Waals surface area contributed by atoms with E-state index in [1.54, 1.807) is 37.4 Å². The second-order valence-electron chi connectivity index (χ2n) is 5.42. The fourth-order valence-electron chi connectivity index (χ4n) is 2.18. The van der Waals surface area contributed by atoms with Gasteiger partial charge in [0.05, 0.1) is 4.91 Å². The Morgan fingerprint density at radius 2 is 2.15 bits per heavy atom. The minimum absolute atomic E-state index is 0.202. The van der Waals surface area contributed by atoms with Gasteiger partial charge in [-0.25, -0.2) is 4.79 Å². The van der Waals surface area contributed by atoms with Crippen LogP contribution in [-0.2, 0) is 16.0 Å². The summed E-state index contributed by atoms with van der Waals surface area (Å²) >= 11 is 2.60. The molecule has 1 saturated heterocycles. The SMILES string of the molecule is CCc1nnc(/N=C2/S/C(=C/c3ccccc3OCC(=O)O)C(=O)N2C)s1. The maximum atomic E-state index is 12.5. The van der Waals surface area contributed by atoms with Gasteiger partial charge in [0.25, 0.3) is 5.91 Å². The highest BCUT2D eigenvalue weighted by molar-refractivity contribution is 8.18. The molecule has 1 aliphatic rings. The van der Waals surface area contributed by atoms with Crippen molar-refractivity contribution in [3.05, 3.63) is 39.7 Å². The topological polar surface area (TPSA) is 105 Å². The summed E-state index contributed by atoms with van der Waals surface area (Å²) in [6, 6.07) is 6.94. The lowest BCUT2D eigenvalue weighted by Gasteiger charge is -2.07. The molecule has 8 nitrogen and oxygen atoms in total.